The van der Waals surface area contributed by atoms with Crippen molar-refractivity contribution in [2.24, 2.45) is 4.99 Å². The Morgan fingerprint density at radius 3 is 2.62 bits per heavy atom. The van der Waals surface area contributed by atoms with Crippen molar-refractivity contribution in [2.45, 2.75) is 45.4 Å². The lowest BCUT2D eigenvalue weighted by atomic mass is 10.2. The van der Waals surface area contributed by atoms with E-state index in [2.05, 4.69) is 23.2 Å². The Bertz CT molecular complexity index is 137. The average molecular weight is 182 g/mol. The van der Waals surface area contributed by atoms with Crippen LogP contribution in [0.1, 0.15) is 45.4 Å². The molecule has 1 fully saturated rings. The van der Waals surface area contributed by atoms with Gasteiger partial charge in [-0.05, 0) is 19.3 Å². The molecule has 76 valence electrons. The molecule has 1 heterocycles. The van der Waals surface area contributed by atoms with Crippen molar-refractivity contribution in [3.05, 3.63) is 0 Å². The van der Waals surface area contributed by atoms with Crippen molar-refractivity contribution < 1.29 is 0 Å². The van der Waals surface area contributed by atoms with Crippen molar-refractivity contribution in [1.29, 1.82) is 0 Å². The fraction of sp³-hybridized carbons (Fsp3) is 0.909. The van der Waals surface area contributed by atoms with Gasteiger partial charge in [-0.25, -0.2) is 0 Å². The summed E-state index contributed by atoms with van der Waals surface area (Å²) in [4.78, 5) is 6.76. The van der Waals surface area contributed by atoms with Gasteiger partial charge in [0, 0.05) is 19.6 Å². The molecule has 0 bridgehead atoms. The maximum atomic E-state index is 4.43. The van der Waals surface area contributed by atoms with Crippen LogP contribution in [0.3, 0.4) is 0 Å². The van der Waals surface area contributed by atoms with Crippen LogP contribution in [0, 0.1) is 0 Å². The Morgan fingerprint density at radius 2 is 1.92 bits per heavy atom. The summed E-state index contributed by atoms with van der Waals surface area (Å²) in [5, 5.41) is 0. The van der Waals surface area contributed by atoms with Crippen LogP contribution in [0.5, 0.6) is 0 Å². The summed E-state index contributed by atoms with van der Waals surface area (Å²) in [5.74, 6) is 0. The smallest absolute Gasteiger partial charge is 0.0849 e. The van der Waals surface area contributed by atoms with Crippen LogP contribution >= 0.6 is 0 Å². The van der Waals surface area contributed by atoms with Crippen molar-refractivity contribution in [3.63, 3.8) is 0 Å². The van der Waals surface area contributed by atoms with Gasteiger partial charge in [0.15, 0.2) is 0 Å². The van der Waals surface area contributed by atoms with Crippen molar-refractivity contribution in [2.75, 3.05) is 19.6 Å². The summed E-state index contributed by atoms with van der Waals surface area (Å²) in [6.45, 7) is 5.71. The lowest BCUT2D eigenvalue weighted by Crippen LogP contribution is -2.16. The number of hydrogen-bond donors (Lipinski definition) is 0. The van der Waals surface area contributed by atoms with E-state index in [0.717, 1.165) is 6.54 Å². The summed E-state index contributed by atoms with van der Waals surface area (Å²) < 4.78 is 0. The molecule has 2 heteroatoms. The molecule has 0 N–H and O–H groups in total. The summed E-state index contributed by atoms with van der Waals surface area (Å²) in [6.07, 6.45) is 10.0. The predicted octanol–water partition coefficient (Wildman–Crippen LogP) is 2.69. The summed E-state index contributed by atoms with van der Waals surface area (Å²) in [5.41, 5.74) is 0. The molecule has 2 nitrogen and oxygen atoms in total. The van der Waals surface area contributed by atoms with E-state index < -0.39 is 0 Å². The molecule has 0 aromatic carbocycles. The molecule has 1 rings (SSSR count). The summed E-state index contributed by atoms with van der Waals surface area (Å²) in [7, 11) is 0. The highest BCUT2D eigenvalue weighted by Gasteiger charge is 2.05. The molecule has 0 amide bonds. The fourth-order valence-corrected chi connectivity index (χ4v) is 1.66. The maximum absolute atomic E-state index is 4.43. The van der Waals surface area contributed by atoms with Crippen LogP contribution in [-0.4, -0.2) is 30.9 Å². The van der Waals surface area contributed by atoms with E-state index in [4.69, 9.17) is 0 Å². The molecule has 0 aromatic heterocycles. The first-order valence-electron chi connectivity index (χ1n) is 5.67. The number of nitrogens with zero attached hydrogens (tertiary/aromatic N) is 2. The molecule has 0 unspecified atom stereocenters. The summed E-state index contributed by atoms with van der Waals surface area (Å²) in [6, 6.07) is 0. The van der Waals surface area contributed by atoms with Gasteiger partial charge in [0.2, 0.25) is 0 Å². The fourth-order valence-electron chi connectivity index (χ4n) is 1.66. The zero-order chi connectivity index (χ0) is 9.36. The van der Waals surface area contributed by atoms with E-state index in [1.165, 1.54) is 51.6 Å². The normalized spacial score (nSPS) is 17.5. The van der Waals surface area contributed by atoms with Gasteiger partial charge in [0.05, 0.1) is 6.34 Å². The number of aliphatic imine (C=N–C) groups is 1. The third kappa shape index (κ3) is 4.91. The second-order valence-electron chi connectivity index (χ2n) is 3.83. The molecule has 0 atom stereocenters. The van der Waals surface area contributed by atoms with Crippen LogP contribution in [0.15, 0.2) is 4.99 Å². The molecule has 1 aliphatic heterocycles. The van der Waals surface area contributed by atoms with Crippen LogP contribution < -0.4 is 0 Å². The third-order valence-corrected chi connectivity index (χ3v) is 2.53. The Labute approximate surface area is 82.0 Å². The Kier molecular flexibility index (Phi) is 5.62. The molecule has 0 aliphatic carbocycles. The van der Waals surface area contributed by atoms with Gasteiger partial charge in [0.1, 0.15) is 0 Å². The van der Waals surface area contributed by atoms with Crippen LogP contribution in [0.25, 0.3) is 0 Å². The maximum Gasteiger partial charge on any atom is 0.0849 e. The SMILES string of the molecule is CCCCCCN=CN1CCCC1. The number of rotatable bonds is 6. The van der Waals surface area contributed by atoms with Gasteiger partial charge < -0.3 is 4.90 Å². The zero-order valence-electron chi connectivity index (χ0n) is 8.84. The minimum Gasteiger partial charge on any atom is -0.363 e. The van der Waals surface area contributed by atoms with Gasteiger partial charge in [-0.3, -0.25) is 4.99 Å². The molecule has 1 saturated heterocycles. The third-order valence-electron chi connectivity index (χ3n) is 2.53. The molecule has 1 aliphatic rings. The highest BCUT2D eigenvalue weighted by Crippen LogP contribution is 2.04. The van der Waals surface area contributed by atoms with Crippen molar-refractivity contribution in [1.82, 2.24) is 4.90 Å². The van der Waals surface area contributed by atoms with E-state index in [0.29, 0.717) is 0 Å². The topological polar surface area (TPSA) is 15.6 Å². The van der Waals surface area contributed by atoms with E-state index in [1.807, 2.05) is 0 Å². The van der Waals surface area contributed by atoms with Gasteiger partial charge in [-0.1, -0.05) is 26.2 Å². The Hall–Kier alpha value is -0.530. The van der Waals surface area contributed by atoms with E-state index in [-0.39, 0.29) is 0 Å². The van der Waals surface area contributed by atoms with Gasteiger partial charge >= 0.3 is 0 Å². The van der Waals surface area contributed by atoms with Gasteiger partial charge in [-0.2, -0.15) is 0 Å². The number of likely N-dealkylation sites (tertiary alicyclic amines) is 1. The van der Waals surface area contributed by atoms with Crippen molar-refractivity contribution >= 4 is 6.34 Å². The van der Waals surface area contributed by atoms with E-state index >= 15 is 0 Å². The van der Waals surface area contributed by atoms with Gasteiger partial charge in [-0.15, -0.1) is 0 Å². The first kappa shape index (κ1) is 10.6. The first-order chi connectivity index (χ1) is 6.43. The van der Waals surface area contributed by atoms with Crippen LogP contribution in [0.2, 0.25) is 0 Å². The van der Waals surface area contributed by atoms with E-state index in [9.17, 15) is 0 Å². The van der Waals surface area contributed by atoms with Crippen molar-refractivity contribution in [3.8, 4) is 0 Å². The zero-order valence-corrected chi connectivity index (χ0v) is 8.84. The molecule has 0 saturated carbocycles. The highest BCUT2D eigenvalue weighted by atomic mass is 15.2. The molecular weight excluding hydrogens is 160 g/mol. The number of unbranched alkanes of at least 4 members (excludes halogenated alkanes) is 3. The van der Waals surface area contributed by atoms with Gasteiger partial charge in [0.25, 0.3) is 0 Å². The minimum atomic E-state index is 1.02. The second kappa shape index (κ2) is 6.93. The highest BCUT2D eigenvalue weighted by molar-refractivity contribution is 5.55. The monoisotopic (exact) mass is 182 g/mol. The summed E-state index contributed by atoms with van der Waals surface area (Å²) >= 11 is 0. The second-order valence-corrected chi connectivity index (χ2v) is 3.83. The van der Waals surface area contributed by atoms with Crippen LogP contribution in [0.4, 0.5) is 0 Å². The molecule has 0 radical (unpaired) electrons. The average Bonchev–Trinajstić information content (AvgIpc) is 2.63. The molecule has 0 spiro atoms. The molecule has 0 aromatic rings. The van der Waals surface area contributed by atoms with Crippen LogP contribution in [-0.2, 0) is 0 Å². The van der Waals surface area contributed by atoms with E-state index in [1.54, 1.807) is 0 Å². The Morgan fingerprint density at radius 1 is 1.15 bits per heavy atom. The predicted molar refractivity (Wildman–Crippen MR) is 58.3 cm³/mol. The quantitative estimate of drug-likeness (QED) is 0.350. The number of hydrogen-bond acceptors (Lipinski definition) is 1. The molecule has 13 heavy (non-hydrogen) atoms. The Balaban J connectivity index is 1.91. The minimum absolute atomic E-state index is 1.02. The molecular formula is C11H22N2. The standard InChI is InChI=1S/C11H22N2/c1-2-3-4-5-8-12-11-13-9-6-7-10-13/h11H,2-10H2,1H3. The lowest BCUT2D eigenvalue weighted by molar-refractivity contribution is 0.532. The largest absolute Gasteiger partial charge is 0.363 e. The lowest BCUT2D eigenvalue weighted by Gasteiger charge is -2.08. The first-order valence-corrected chi connectivity index (χ1v) is 5.67.